The Morgan fingerprint density at radius 1 is 1.38 bits per heavy atom. The number of halogens is 1. The maximum Gasteiger partial charge on any atom is 0.217 e. The summed E-state index contributed by atoms with van der Waals surface area (Å²) in [6.07, 6.45) is 5.66. The molecule has 3 aliphatic rings. The molecule has 3 unspecified atom stereocenters. The first-order valence-electron chi connectivity index (χ1n) is 10.7. The van der Waals surface area contributed by atoms with Gasteiger partial charge in [-0.25, -0.2) is 4.99 Å². The van der Waals surface area contributed by atoms with Crippen LogP contribution >= 0.6 is 11.6 Å². The third kappa shape index (κ3) is 3.82. The van der Waals surface area contributed by atoms with E-state index in [1.54, 1.807) is 25.8 Å². The minimum atomic E-state index is -0.236. The normalized spacial score (nSPS) is 24.9. The number of hydrogen-bond donors (Lipinski definition) is 3. The zero-order chi connectivity index (χ0) is 22.2. The molecule has 166 valence electrons. The number of nitrogens with one attached hydrogen (secondary N) is 3. The van der Waals surface area contributed by atoms with Gasteiger partial charge in [0.25, 0.3) is 0 Å². The molecule has 1 amide bonds. The van der Waals surface area contributed by atoms with Crippen molar-refractivity contribution in [2.75, 3.05) is 18.0 Å². The fourth-order valence-corrected chi connectivity index (χ4v) is 4.92. The predicted octanol–water partition coefficient (Wildman–Crippen LogP) is 2.02. The van der Waals surface area contributed by atoms with Crippen molar-refractivity contribution in [3.63, 3.8) is 0 Å². The number of pyridine rings is 1. The van der Waals surface area contributed by atoms with Crippen LogP contribution in [0.15, 0.2) is 39.4 Å². The Morgan fingerprint density at radius 3 is 3.09 bits per heavy atom. The number of amidine groups is 1. The molecule has 10 heteroatoms. The molecule has 1 aromatic carbocycles. The van der Waals surface area contributed by atoms with Gasteiger partial charge in [-0.05, 0) is 37.1 Å². The second-order valence-electron chi connectivity index (χ2n) is 8.31. The lowest BCUT2D eigenvalue weighted by Crippen LogP contribution is -2.50. The summed E-state index contributed by atoms with van der Waals surface area (Å²) < 4.78 is 0. The minimum absolute atomic E-state index is 0.00967. The van der Waals surface area contributed by atoms with Crippen LogP contribution in [-0.4, -0.2) is 60.7 Å². The van der Waals surface area contributed by atoms with Gasteiger partial charge in [0, 0.05) is 43.7 Å². The molecule has 0 saturated carbocycles. The van der Waals surface area contributed by atoms with E-state index >= 15 is 0 Å². The van der Waals surface area contributed by atoms with Crippen molar-refractivity contribution in [3.8, 4) is 0 Å². The van der Waals surface area contributed by atoms with Gasteiger partial charge in [0.1, 0.15) is 24.4 Å². The number of carbonyl (C=O) groups is 1. The van der Waals surface area contributed by atoms with E-state index in [0.717, 1.165) is 47.5 Å². The van der Waals surface area contributed by atoms with Gasteiger partial charge in [0.2, 0.25) is 5.91 Å². The fraction of sp³-hybridized carbons (Fsp3) is 0.409. The van der Waals surface area contributed by atoms with E-state index in [2.05, 4.69) is 42.8 Å². The standard InChI is InChI=1S/C22H25ClN8O/c1-12(29-22-19-21(26-10-25-19)27-11-28-22)16-8-17(23)15-4-3-6-24-18(15)20(16)31-7-5-14(9-31)30-13(2)32/h3-4,6,8,10-12,14,19,22,29H,5,7,9H2,1-2H3,(H,30,32)(H,25,26,27,28)/t12?,14-,19?,22?/m0/s1. The summed E-state index contributed by atoms with van der Waals surface area (Å²) >= 11 is 6.69. The zero-order valence-corrected chi connectivity index (χ0v) is 18.7. The highest BCUT2D eigenvalue weighted by Gasteiger charge is 2.33. The molecular formula is C22H25ClN8O. The number of aromatic nitrogens is 1. The van der Waals surface area contributed by atoms with E-state index in [0.29, 0.717) is 5.02 Å². The number of nitrogens with zero attached hydrogens (tertiary/aromatic N) is 5. The molecule has 2 aromatic rings. The Morgan fingerprint density at radius 2 is 2.25 bits per heavy atom. The highest BCUT2D eigenvalue weighted by atomic mass is 35.5. The Kier molecular flexibility index (Phi) is 5.52. The van der Waals surface area contributed by atoms with Gasteiger partial charge < -0.3 is 15.5 Å². The lowest BCUT2D eigenvalue weighted by molar-refractivity contribution is -0.119. The Hall–Kier alpha value is -3.04. The summed E-state index contributed by atoms with van der Waals surface area (Å²) in [6.45, 7) is 5.20. The van der Waals surface area contributed by atoms with Crippen LogP contribution in [0.5, 0.6) is 0 Å². The zero-order valence-electron chi connectivity index (χ0n) is 17.9. The minimum Gasteiger partial charge on any atom is -0.367 e. The molecule has 32 heavy (non-hydrogen) atoms. The molecule has 5 rings (SSSR count). The van der Waals surface area contributed by atoms with E-state index in [1.807, 2.05) is 18.2 Å². The van der Waals surface area contributed by atoms with Gasteiger partial charge in [0.15, 0.2) is 0 Å². The molecule has 0 aliphatic carbocycles. The quantitative estimate of drug-likeness (QED) is 0.643. The molecule has 9 nitrogen and oxygen atoms in total. The first kappa shape index (κ1) is 20.8. The van der Waals surface area contributed by atoms with Gasteiger partial charge >= 0.3 is 0 Å². The van der Waals surface area contributed by atoms with E-state index < -0.39 is 0 Å². The molecule has 0 radical (unpaired) electrons. The van der Waals surface area contributed by atoms with Crippen LogP contribution in [0.4, 0.5) is 5.69 Å². The molecule has 0 spiro atoms. The third-order valence-corrected chi connectivity index (χ3v) is 6.41. The molecule has 4 heterocycles. The molecule has 1 fully saturated rings. The number of aliphatic imine (C=N–C) groups is 3. The van der Waals surface area contributed by atoms with Gasteiger partial charge in [-0.15, -0.1) is 0 Å². The maximum atomic E-state index is 11.6. The second-order valence-corrected chi connectivity index (χ2v) is 8.71. The van der Waals surface area contributed by atoms with Crippen LogP contribution in [0, 0.1) is 0 Å². The van der Waals surface area contributed by atoms with E-state index in [9.17, 15) is 4.79 Å². The van der Waals surface area contributed by atoms with Crippen molar-refractivity contribution in [3.05, 3.63) is 35.0 Å². The van der Waals surface area contributed by atoms with Crippen molar-refractivity contribution in [2.45, 2.75) is 44.6 Å². The summed E-state index contributed by atoms with van der Waals surface area (Å²) in [5.41, 5.74) is 2.94. The summed E-state index contributed by atoms with van der Waals surface area (Å²) in [5.74, 6) is 0.783. The first-order valence-corrected chi connectivity index (χ1v) is 11.1. The molecule has 0 bridgehead atoms. The lowest BCUT2D eigenvalue weighted by atomic mass is 10.0. The van der Waals surface area contributed by atoms with Crippen LogP contribution < -0.4 is 20.9 Å². The highest BCUT2D eigenvalue weighted by molar-refractivity contribution is 6.36. The second kappa shape index (κ2) is 8.48. The number of benzene rings is 1. The van der Waals surface area contributed by atoms with Crippen molar-refractivity contribution in [1.29, 1.82) is 0 Å². The average molecular weight is 453 g/mol. The largest absolute Gasteiger partial charge is 0.367 e. The van der Waals surface area contributed by atoms with Gasteiger partial charge in [-0.3, -0.25) is 25.1 Å². The summed E-state index contributed by atoms with van der Waals surface area (Å²) in [6, 6.07) is 5.76. The number of anilines is 1. The van der Waals surface area contributed by atoms with E-state index in [1.165, 1.54) is 0 Å². The van der Waals surface area contributed by atoms with Crippen molar-refractivity contribution >= 4 is 52.6 Å². The van der Waals surface area contributed by atoms with E-state index in [4.69, 9.17) is 16.6 Å². The molecular weight excluding hydrogens is 428 g/mol. The third-order valence-electron chi connectivity index (χ3n) is 6.09. The fourth-order valence-electron chi connectivity index (χ4n) is 4.65. The smallest absolute Gasteiger partial charge is 0.217 e. The van der Waals surface area contributed by atoms with E-state index in [-0.39, 0.29) is 30.2 Å². The summed E-state index contributed by atoms with van der Waals surface area (Å²) in [5, 5.41) is 11.3. The highest BCUT2D eigenvalue weighted by Crippen LogP contribution is 2.39. The number of carbonyl (C=O) groups excluding carboxylic acids is 1. The van der Waals surface area contributed by atoms with Gasteiger partial charge in [0.05, 0.1) is 22.6 Å². The summed E-state index contributed by atoms with van der Waals surface area (Å²) in [4.78, 5) is 31.8. The number of fused-ring (bicyclic) bond motifs is 2. The molecule has 1 aromatic heterocycles. The van der Waals surface area contributed by atoms with Crippen molar-refractivity contribution in [2.24, 2.45) is 15.0 Å². The average Bonchev–Trinajstić information content (AvgIpc) is 3.43. The lowest BCUT2D eigenvalue weighted by Gasteiger charge is -2.31. The number of rotatable bonds is 5. The Balaban J connectivity index is 1.51. The van der Waals surface area contributed by atoms with Crippen LogP contribution in [0.1, 0.15) is 31.9 Å². The van der Waals surface area contributed by atoms with Crippen molar-refractivity contribution < 1.29 is 4.79 Å². The monoisotopic (exact) mass is 452 g/mol. The molecule has 1 saturated heterocycles. The van der Waals surface area contributed by atoms with Crippen molar-refractivity contribution in [1.82, 2.24) is 20.9 Å². The number of hydrogen-bond acceptors (Lipinski definition) is 8. The molecule has 3 N–H and O–H groups in total. The van der Waals surface area contributed by atoms with Crippen LogP contribution in [0.3, 0.4) is 0 Å². The number of amides is 1. The molecule has 3 aliphatic heterocycles. The van der Waals surface area contributed by atoms with Crippen LogP contribution in [0.25, 0.3) is 10.9 Å². The van der Waals surface area contributed by atoms with Gasteiger partial charge in [-0.1, -0.05) is 11.6 Å². The predicted molar refractivity (Wildman–Crippen MR) is 128 cm³/mol. The first-order chi connectivity index (χ1) is 15.5. The van der Waals surface area contributed by atoms with Crippen LogP contribution in [-0.2, 0) is 4.79 Å². The Bertz CT molecular complexity index is 1150. The Labute approximate surface area is 191 Å². The topological polar surface area (TPSA) is 106 Å². The summed E-state index contributed by atoms with van der Waals surface area (Å²) in [7, 11) is 0. The molecule has 4 atom stereocenters. The van der Waals surface area contributed by atoms with Crippen LogP contribution in [0.2, 0.25) is 5.02 Å². The maximum absolute atomic E-state index is 11.6. The SMILES string of the molecule is CC(=O)N[C@H]1CCN(c2c(C(C)NC3N=CNC4=NC=NC43)cc(Cl)c3cccnc23)C1. The van der Waals surface area contributed by atoms with Gasteiger partial charge in [-0.2, -0.15) is 0 Å².